The highest BCUT2D eigenvalue weighted by Crippen LogP contribution is 2.29. The Morgan fingerprint density at radius 3 is 2.62 bits per heavy atom. The van der Waals surface area contributed by atoms with E-state index in [2.05, 4.69) is 63.1 Å². The predicted molar refractivity (Wildman–Crippen MR) is 89.1 cm³/mol. The molecule has 0 bridgehead atoms. The Morgan fingerprint density at radius 2 is 2.00 bits per heavy atom. The summed E-state index contributed by atoms with van der Waals surface area (Å²) in [5.41, 5.74) is 7.88. The van der Waals surface area contributed by atoms with E-state index in [0.717, 1.165) is 27.1 Å². The minimum atomic E-state index is -0.185. The highest BCUT2D eigenvalue weighted by molar-refractivity contribution is 9.10. The second-order valence-electron chi connectivity index (χ2n) is 5.00. The third kappa shape index (κ3) is 3.24. The zero-order valence-corrected chi connectivity index (χ0v) is 14.2. The number of rotatable bonds is 3. The van der Waals surface area contributed by atoms with Gasteiger partial charge in [0, 0.05) is 34.0 Å². The summed E-state index contributed by atoms with van der Waals surface area (Å²) < 4.78 is 3.15. The van der Waals surface area contributed by atoms with E-state index in [4.69, 9.17) is 0 Å². The summed E-state index contributed by atoms with van der Waals surface area (Å²) in [6.45, 7) is 7.60. The van der Waals surface area contributed by atoms with E-state index < -0.39 is 0 Å². The minimum absolute atomic E-state index is 0.185. The van der Waals surface area contributed by atoms with Gasteiger partial charge in [0.05, 0.1) is 6.21 Å². The molecular formula is C16H18BrN3O. The van der Waals surface area contributed by atoms with Crippen molar-refractivity contribution in [3.63, 3.8) is 0 Å². The Hall–Kier alpha value is -1.88. The second kappa shape index (κ2) is 6.26. The van der Waals surface area contributed by atoms with E-state index >= 15 is 0 Å². The standard InChI is InChI=1S/C16H18BrN3O/c1-10-6-5-7-14(8-10)20-11(2)15(16(17)12(20)3)9-18-19-13(4)21/h5-9H,1-4H3,(H,19,21)/b18-9+. The fraction of sp³-hybridized carbons (Fsp3) is 0.250. The molecule has 1 N–H and O–H groups in total. The quantitative estimate of drug-likeness (QED) is 0.668. The SMILES string of the molecule is CC(=O)N/N=C/c1c(Br)c(C)n(-c2cccc(C)c2)c1C. The number of hydrogen-bond acceptors (Lipinski definition) is 2. The lowest BCUT2D eigenvalue weighted by atomic mass is 10.2. The number of nitrogens with one attached hydrogen (secondary N) is 1. The van der Waals surface area contributed by atoms with Crippen molar-refractivity contribution >= 4 is 28.1 Å². The van der Waals surface area contributed by atoms with Crippen LogP contribution < -0.4 is 5.43 Å². The first kappa shape index (κ1) is 15.5. The molecule has 0 aliphatic carbocycles. The van der Waals surface area contributed by atoms with E-state index in [1.165, 1.54) is 12.5 Å². The first-order valence-corrected chi connectivity index (χ1v) is 7.45. The number of benzene rings is 1. The van der Waals surface area contributed by atoms with E-state index in [1.54, 1.807) is 6.21 Å². The molecule has 0 saturated carbocycles. The summed E-state index contributed by atoms with van der Waals surface area (Å²) in [7, 11) is 0. The zero-order valence-electron chi connectivity index (χ0n) is 12.6. The normalized spacial score (nSPS) is 11.1. The van der Waals surface area contributed by atoms with Crippen LogP contribution in [0.5, 0.6) is 0 Å². The first-order chi connectivity index (χ1) is 9.91. The van der Waals surface area contributed by atoms with Gasteiger partial charge in [-0.25, -0.2) is 5.43 Å². The highest BCUT2D eigenvalue weighted by Gasteiger charge is 2.15. The molecule has 21 heavy (non-hydrogen) atoms. The molecule has 1 heterocycles. The number of amides is 1. The van der Waals surface area contributed by atoms with Crippen molar-refractivity contribution < 1.29 is 4.79 Å². The molecule has 0 saturated heterocycles. The van der Waals surface area contributed by atoms with Crippen molar-refractivity contribution in [2.45, 2.75) is 27.7 Å². The third-order valence-corrected chi connectivity index (χ3v) is 4.29. The Balaban J connectivity index is 2.50. The monoisotopic (exact) mass is 347 g/mol. The molecule has 110 valence electrons. The largest absolute Gasteiger partial charge is 0.317 e. The molecule has 0 radical (unpaired) electrons. The number of carbonyl (C=O) groups excluding carboxylic acids is 1. The molecule has 1 aromatic heterocycles. The van der Waals surface area contributed by atoms with Crippen molar-refractivity contribution in [1.29, 1.82) is 0 Å². The van der Waals surface area contributed by atoms with Gasteiger partial charge in [-0.15, -0.1) is 0 Å². The van der Waals surface area contributed by atoms with Crippen molar-refractivity contribution in [2.24, 2.45) is 5.10 Å². The maximum Gasteiger partial charge on any atom is 0.236 e. The Morgan fingerprint density at radius 1 is 1.29 bits per heavy atom. The maximum atomic E-state index is 10.9. The lowest BCUT2D eigenvalue weighted by Crippen LogP contribution is -2.12. The van der Waals surface area contributed by atoms with Gasteiger partial charge in [-0.05, 0) is 54.4 Å². The molecule has 5 heteroatoms. The number of carbonyl (C=O) groups is 1. The summed E-state index contributed by atoms with van der Waals surface area (Å²) in [5, 5.41) is 3.96. The Kier molecular flexibility index (Phi) is 4.63. The fourth-order valence-corrected chi connectivity index (χ4v) is 2.88. The summed E-state index contributed by atoms with van der Waals surface area (Å²) in [4.78, 5) is 10.9. The van der Waals surface area contributed by atoms with E-state index in [-0.39, 0.29) is 5.91 Å². The number of halogens is 1. The molecule has 1 amide bonds. The maximum absolute atomic E-state index is 10.9. The van der Waals surface area contributed by atoms with Crippen LogP contribution in [0.25, 0.3) is 5.69 Å². The fourth-order valence-electron chi connectivity index (χ4n) is 2.32. The van der Waals surface area contributed by atoms with E-state index in [0.29, 0.717) is 0 Å². The van der Waals surface area contributed by atoms with Crippen LogP contribution in [0.3, 0.4) is 0 Å². The van der Waals surface area contributed by atoms with Crippen LogP contribution in [0.2, 0.25) is 0 Å². The second-order valence-corrected chi connectivity index (χ2v) is 5.79. The smallest absolute Gasteiger partial charge is 0.236 e. The highest BCUT2D eigenvalue weighted by atomic mass is 79.9. The van der Waals surface area contributed by atoms with Crippen LogP contribution in [0, 0.1) is 20.8 Å². The van der Waals surface area contributed by atoms with E-state index in [1.807, 2.05) is 13.0 Å². The topological polar surface area (TPSA) is 46.4 Å². The van der Waals surface area contributed by atoms with Crippen LogP contribution in [-0.2, 0) is 4.79 Å². The predicted octanol–water partition coefficient (Wildman–Crippen LogP) is 3.64. The van der Waals surface area contributed by atoms with Crippen molar-refractivity contribution in [1.82, 2.24) is 9.99 Å². The lowest BCUT2D eigenvalue weighted by Gasteiger charge is -2.10. The molecule has 0 aliphatic heterocycles. The first-order valence-electron chi connectivity index (χ1n) is 6.66. The molecule has 0 atom stereocenters. The molecular weight excluding hydrogens is 330 g/mol. The third-order valence-electron chi connectivity index (χ3n) is 3.29. The average molecular weight is 348 g/mol. The lowest BCUT2D eigenvalue weighted by molar-refractivity contribution is -0.118. The number of hydrazone groups is 1. The van der Waals surface area contributed by atoms with Crippen molar-refractivity contribution in [3.8, 4) is 5.69 Å². The van der Waals surface area contributed by atoms with E-state index in [9.17, 15) is 4.79 Å². The summed E-state index contributed by atoms with van der Waals surface area (Å²) in [5.74, 6) is -0.185. The molecule has 2 rings (SSSR count). The van der Waals surface area contributed by atoms with Gasteiger partial charge in [-0.2, -0.15) is 5.10 Å². The van der Waals surface area contributed by atoms with Crippen LogP contribution >= 0.6 is 15.9 Å². The molecule has 0 unspecified atom stereocenters. The molecule has 1 aromatic carbocycles. The van der Waals surface area contributed by atoms with Gasteiger partial charge in [0.2, 0.25) is 5.91 Å². The van der Waals surface area contributed by atoms with Gasteiger partial charge in [0.25, 0.3) is 0 Å². The average Bonchev–Trinajstić information content (AvgIpc) is 2.62. The van der Waals surface area contributed by atoms with Gasteiger partial charge in [0.1, 0.15) is 0 Å². The van der Waals surface area contributed by atoms with Crippen LogP contribution in [-0.4, -0.2) is 16.7 Å². The summed E-state index contributed by atoms with van der Waals surface area (Å²) >= 11 is 3.61. The van der Waals surface area contributed by atoms with Crippen molar-refractivity contribution in [2.75, 3.05) is 0 Å². The van der Waals surface area contributed by atoms with Gasteiger partial charge >= 0.3 is 0 Å². The van der Waals surface area contributed by atoms with Gasteiger partial charge in [0.15, 0.2) is 0 Å². The number of aryl methyl sites for hydroxylation is 1. The van der Waals surface area contributed by atoms with Crippen LogP contribution in [0.1, 0.15) is 29.4 Å². The summed E-state index contributed by atoms with van der Waals surface area (Å²) in [6.07, 6.45) is 1.67. The molecule has 0 spiro atoms. The molecule has 4 nitrogen and oxygen atoms in total. The zero-order chi connectivity index (χ0) is 15.6. The van der Waals surface area contributed by atoms with Crippen LogP contribution in [0.4, 0.5) is 0 Å². The van der Waals surface area contributed by atoms with Gasteiger partial charge in [-0.1, -0.05) is 12.1 Å². The molecule has 0 aliphatic rings. The van der Waals surface area contributed by atoms with Crippen molar-refractivity contribution in [3.05, 3.63) is 51.3 Å². The van der Waals surface area contributed by atoms with Crippen LogP contribution in [0.15, 0.2) is 33.8 Å². The number of hydrogen-bond donors (Lipinski definition) is 1. The molecule has 0 fully saturated rings. The number of nitrogens with zero attached hydrogens (tertiary/aromatic N) is 2. The Bertz CT molecular complexity index is 717. The molecule has 2 aromatic rings. The number of aromatic nitrogens is 1. The van der Waals surface area contributed by atoms with Gasteiger partial charge in [-0.3, -0.25) is 4.79 Å². The minimum Gasteiger partial charge on any atom is -0.317 e. The van der Waals surface area contributed by atoms with Gasteiger partial charge < -0.3 is 4.57 Å². The Labute approximate surface area is 133 Å². The summed E-state index contributed by atoms with van der Waals surface area (Å²) in [6, 6.07) is 8.34.